The Hall–Kier alpha value is -2.15. The zero-order chi connectivity index (χ0) is 15.6. The molecular formula is C14H9F3O3S. The van der Waals surface area contributed by atoms with Crippen molar-refractivity contribution in [3.8, 4) is 0 Å². The van der Waals surface area contributed by atoms with Crippen LogP contribution in [-0.2, 0) is 16.6 Å². The van der Waals surface area contributed by atoms with E-state index in [0.29, 0.717) is 6.07 Å². The Kier molecular flexibility index (Phi) is 4.42. The van der Waals surface area contributed by atoms with Crippen LogP contribution in [0.25, 0.3) is 0 Å². The lowest BCUT2D eigenvalue weighted by Gasteiger charge is -2.06. The molecule has 0 aliphatic carbocycles. The maximum atomic E-state index is 13.6. The fourth-order valence-electron chi connectivity index (χ4n) is 1.73. The summed E-state index contributed by atoms with van der Waals surface area (Å²) in [5.41, 5.74) is -0.129. The summed E-state index contributed by atoms with van der Waals surface area (Å²) in [6.45, 7) is 0. The maximum Gasteiger partial charge on any atom is 0.335 e. The Balaban J connectivity index is 2.31. The predicted molar refractivity (Wildman–Crippen MR) is 69.8 cm³/mol. The average Bonchev–Trinajstić information content (AvgIpc) is 2.37. The molecule has 0 spiro atoms. The summed E-state index contributed by atoms with van der Waals surface area (Å²) in [6.07, 6.45) is 0. The molecule has 2 aromatic carbocycles. The molecule has 7 heteroatoms. The van der Waals surface area contributed by atoms with Crippen molar-refractivity contribution in [2.45, 2.75) is 10.6 Å². The predicted octanol–water partition coefficient (Wildman–Crippen LogP) is 3.11. The minimum absolute atomic E-state index is 0.0889. The number of hydrogen-bond acceptors (Lipinski definition) is 2. The maximum absolute atomic E-state index is 13.6. The fourth-order valence-corrected chi connectivity index (χ4v) is 2.90. The largest absolute Gasteiger partial charge is 0.478 e. The van der Waals surface area contributed by atoms with Gasteiger partial charge in [0.25, 0.3) is 0 Å². The summed E-state index contributed by atoms with van der Waals surface area (Å²) in [5, 5.41) is 8.82. The van der Waals surface area contributed by atoms with Crippen molar-refractivity contribution < 1.29 is 27.3 Å². The van der Waals surface area contributed by atoms with Crippen molar-refractivity contribution in [1.82, 2.24) is 0 Å². The van der Waals surface area contributed by atoms with Gasteiger partial charge in [-0.05, 0) is 35.9 Å². The molecule has 0 saturated carbocycles. The number of carbonyl (C=O) groups is 1. The normalized spacial score (nSPS) is 12.1. The summed E-state index contributed by atoms with van der Waals surface area (Å²) in [7, 11) is -1.96. The first-order valence-electron chi connectivity index (χ1n) is 5.73. The van der Waals surface area contributed by atoms with Crippen LogP contribution in [0.2, 0.25) is 0 Å². The third kappa shape index (κ3) is 3.69. The number of aromatic carboxylic acids is 1. The van der Waals surface area contributed by atoms with Crippen LogP contribution in [0, 0.1) is 17.5 Å². The van der Waals surface area contributed by atoms with Gasteiger partial charge in [0.05, 0.1) is 27.0 Å². The Bertz CT molecular complexity index is 711. The molecule has 0 amide bonds. The molecular weight excluding hydrogens is 305 g/mol. The van der Waals surface area contributed by atoms with Gasteiger partial charge in [0.2, 0.25) is 0 Å². The first-order chi connectivity index (χ1) is 9.86. The van der Waals surface area contributed by atoms with Gasteiger partial charge < -0.3 is 5.11 Å². The quantitative estimate of drug-likeness (QED) is 0.943. The summed E-state index contributed by atoms with van der Waals surface area (Å²) in [4.78, 5) is 10.5. The van der Waals surface area contributed by atoms with Crippen molar-refractivity contribution in [2.75, 3.05) is 0 Å². The zero-order valence-electron chi connectivity index (χ0n) is 10.5. The molecule has 2 aromatic rings. The third-order valence-electron chi connectivity index (χ3n) is 2.64. The number of hydrogen-bond donors (Lipinski definition) is 1. The van der Waals surface area contributed by atoms with Gasteiger partial charge in [-0.3, -0.25) is 4.21 Å². The van der Waals surface area contributed by atoms with Crippen molar-refractivity contribution in [2.24, 2.45) is 0 Å². The van der Waals surface area contributed by atoms with E-state index in [0.717, 1.165) is 30.3 Å². The minimum atomic E-state index is -1.96. The standard InChI is InChI=1S/C14H9F3O3S/c15-10-3-8(4-11(16)6-10)7-21(20)13-5-9(14(18)19)1-2-12(13)17/h1-6H,7H2,(H,18,19). The van der Waals surface area contributed by atoms with E-state index in [2.05, 4.69) is 0 Å². The van der Waals surface area contributed by atoms with E-state index >= 15 is 0 Å². The minimum Gasteiger partial charge on any atom is -0.478 e. The van der Waals surface area contributed by atoms with E-state index in [1.807, 2.05) is 0 Å². The lowest BCUT2D eigenvalue weighted by Crippen LogP contribution is -2.04. The summed E-state index contributed by atoms with van der Waals surface area (Å²) in [6, 6.07) is 5.52. The molecule has 1 N–H and O–H groups in total. The van der Waals surface area contributed by atoms with Crippen LogP contribution in [0.1, 0.15) is 15.9 Å². The Labute approximate surface area is 120 Å². The molecule has 0 aliphatic rings. The van der Waals surface area contributed by atoms with Gasteiger partial charge in [-0.1, -0.05) is 0 Å². The first-order valence-corrected chi connectivity index (χ1v) is 7.05. The van der Waals surface area contributed by atoms with E-state index in [1.165, 1.54) is 0 Å². The van der Waals surface area contributed by atoms with Crippen LogP contribution >= 0.6 is 0 Å². The molecule has 2 rings (SSSR count). The molecule has 0 saturated heterocycles. The van der Waals surface area contributed by atoms with Gasteiger partial charge in [-0.15, -0.1) is 0 Å². The molecule has 0 aromatic heterocycles. The number of carboxylic acid groups (broad SMARTS) is 1. The SMILES string of the molecule is O=C(O)c1ccc(F)c(S(=O)Cc2cc(F)cc(F)c2)c1. The highest BCUT2D eigenvalue weighted by molar-refractivity contribution is 7.84. The van der Waals surface area contributed by atoms with E-state index in [4.69, 9.17) is 5.11 Å². The van der Waals surface area contributed by atoms with E-state index in [-0.39, 0.29) is 21.8 Å². The molecule has 21 heavy (non-hydrogen) atoms. The van der Waals surface area contributed by atoms with E-state index in [1.54, 1.807) is 0 Å². The van der Waals surface area contributed by atoms with Crippen LogP contribution in [0.4, 0.5) is 13.2 Å². The Morgan fingerprint density at radius 3 is 2.24 bits per heavy atom. The third-order valence-corrected chi connectivity index (χ3v) is 4.04. The second kappa shape index (κ2) is 6.09. The monoisotopic (exact) mass is 314 g/mol. The number of halogens is 3. The number of carboxylic acids is 1. The summed E-state index contributed by atoms with van der Waals surface area (Å²) >= 11 is 0. The number of benzene rings is 2. The summed E-state index contributed by atoms with van der Waals surface area (Å²) in [5.74, 6) is -4.11. The first kappa shape index (κ1) is 15.2. The molecule has 0 aliphatic heterocycles. The van der Waals surface area contributed by atoms with Gasteiger partial charge in [0, 0.05) is 6.07 Å². The highest BCUT2D eigenvalue weighted by Crippen LogP contribution is 2.19. The van der Waals surface area contributed by atoms with Crippen molar-refractivity contribution in [3.05, 3.63) is 65.0 Å². The molecule has 110 valence electrons. The van der Waals surface area contributed by atoms with E-state index in [9.17, 15) is 22.2 Å². The van der Waals surface area contributed by atoms with Crippen molar-refractivity contribution in [3.63, 3.8) is 0 Å². The fraction of sp³-hybridized carbons (Fsp3) is 0.0714. The highest BCUT2D eigenvalue weighted by atomic mass is 32.2. The molecule has 1 atom stereocenters. The Morgan fingerprint density at radius 2 is 1.67 bits per heavy atom. The van der Waals surface area contributed by atoms with Crippen LogP contribution in [-0.4, -0.2) is 15.3 Å². The Morgan fingerprint density at radius 1 is 1.05 bits per heavy atom. The van der Waals surface area contributed by atoms with Crippen LogP contribution in [0.3, 0.4) is 0 Å². The molecule has 0 bridgehead atoms. The van der Waals surface area contributed by atoms with E-state index < -0.39 is 34.2 Å². The molecule has 0 fully saturated rings. The van der Waals surface area contributed by atoms with Crippen LogP contribution in [0.5, 0.6) is 0 Å². The van der Waals surface area contributed by atoms with Gasteiger partial charge >= 0.3 is 5.97 Å². The lowest BCUT2D eigenvalue weighted by atomic mass is 10.2. The zero-order valence-corrected chi connectivity index (χ0v) is 11.3. The molecule has 3 nitrogen and oxygen atoms in total. The summed E-state index contributed by atoms with van der Waals surface area (Å²) < 4.78 is 51.8. The topological polar surface area (TPSA) is 54.4 Å². The van der Waals surface area contributed by atoms with Gasteiger partial charge in [-0.2, -0.15) is 0 Å². The van der Waals surface area contributed by atoms with Gasteiger partial charge in [0.1, 0.15) is 17.5 Å². The van der Waals surface area contributed by atoms with Gasteiger partial charge in [0.15, 0.2) is 0 Å². The molecule has 0 radical (unpaired) electrons. The second-order valence-corrected chi connectivity index (χ2v) is 5.64. The lowest BCUT2D eigenvalue weighted by molar-refractivity contribution is 0.0696. The van der Waals surface area contributed by atoms with Crippen LogP contribution < -0.4 is 0 Å². The average molecular weight is 314 g/mol. The molecule has 0 heterocycles. The van der Waals surface area contributed by atoms with Gasteiger partial charge in [-0.25, -0.2) is 18.0 Å². The highest BCUT2D eigenvalue weighted by Gasteiger charge is 2.15. The second-order valence-electron chi connectivity index (χ2n) is 4.22. The van der Waals surface area contributed by atoms with Crippen molar-refractivity contribution >= 4 is 16.8 Å². The van der Waals surface area contributed by atoms with Crippen molar-refractivity contribution in [1.29, 1.82) is 0 Å². The molecule has 1 unspecified atom stereocenters. The number of rotatable bonds is 4. The van der Waals surface area contributed by atoms with Crippen LogP contribution in [0.15, 0.2) is 41.3 Å². The smallest absolute Gasteiger partial charge is 0.335 e.